The first-order valence-corrected chi connectivity index (χ1v) is 7.47. The molecule has 2 aromatic rings. The molecule has 19 heavy (non-hydrogen) atoms. The smallest absolute Gasteiger partial charge is 0.258 e. The van der Waals surface area contributed by atoms with E-state index in [0.717, 1.165) is 17.3 Å². The van der Waals surface area contributed by atoms with Crippen LogP contribution in [0.1, 0.15) is 18.7 Å². The summed E-state index contributed by atoms with van der Waals surface area (Å²) in [6.07, 6.45) is 2.58. The minimum absolute atomic E-state index is 0.433. The lowest BCUT2D eigenvalue weighted by atomic mass is 10.1. The molecule has 2 aromatic heterocycles. The van der Waals surface area contributed by atoms with Crippen LogP contribution in [0.25, 0.3) is 11.5 Å². The maximum absolute atomic E-state index is 5.85. The van der Waals surface area contributed by atoms with Gasteiger partial charge in [-0.3, -0.25) is 4.90 Å². The van der Waals surface area contributed by atoms with E-state index in [1.165, 1.54) is 12.8 Å². The molecule has 1 fully saturated rings. The van der Waals surface area contributed by atoms with Gasteiger partial charge in [0.25, 0.3) is 5.89 Å². The molecule has 0 aliphatic heterocycles. The van der Waals surface area contributed by atoms with E-state index in [1.807, 2.05) is 16.8 Å². The topological polar surface area (TPSA) is 68.2 Å². The standard InChI is InChI=1S/C13H18N4OS/c1-17(11(6-14)9-2-3-9)7-12-15-13(18-16-12)10-4-5-19-8-10/h4-5,8-9,11H,2-3,6-7,14H2,1H3. The van der Waals surface area contributed by atoms with Crippen molar-refractivity contribution in [1.29, 1.82) is 0 Å². The van der Waals surface area contributed by atoms with Crippen LogP contribution >= 0.6 is 11.3 Å². The second kappa shape index (κ2) is 5.40. The maximum atomic E-state index is 5.85. The van der Waals surface area contributed by atoms with E-state index in [1.54, 1.807) is 11.3 Å². The van der Waals surface area contributed by atoms with Crippen LogP contribution in [0.4, 0.5) is 0 Å². The van der Waals surface area contributed by atoms with Crippen molar-refractivity contribution in [3.63, 3.8) is 0 Å². The highest BCUT2D eigenvalue weighted by molar-refractivity contribution is 7.08. The molecule has 5 nitrogen and oxygen atoms in total. The van der Waals surface area contributed by atoms with E-state index in [-0.39, 0.29) is 0 Å². The van der Waals surface area contributed by atoms with Gasteiger partial charge in [0.2, 0.25) is 0 Å². The van der Waals surface area contributed by atoms with Gasteiger partial charge >= 0.3 is 0 Å². The predicted octanol–water partition coefficient (Wildman–Crippen LogP) is 1.97. The van der Waals surface area contributed by atoms with Crippen molar-refractivity contribution in [3.8, 4) is 11.5 Å². The number of nitrogens with two attached hydrogens (primary N) is 1. The molecule has 3 rings (SSSR count). The summed E-state index contributed by atoms with van der Waals surface area (Å²) in [6.45, 7) is 1.38. The van der Waals surface area contributed by atoms with Crippen molar-refractivity contribution >= 4 is 11.3 Å². The molecule has 6 heteroatoms. The third kappa shape index (κ3) is 2.86. The molecular weight excluding hydrogens is 260 g/mol. The fourth-order valence-corrected chi connectivity index (χ4v) is 3.00. The van der Waals surface area contributed by atoms with Crippen LogP contribution in [-0.2, 0) is 6.54 Å². The van der Waals surface area contributed by atoms with Crippen molar-refractivity contribution in [3.05, 3.63) is 22.7 Å². The molecule has 102 valence electrons. The van der Waals surface area contributed by atoms with Crippen LogP contribution in [-0.4, -0.2) is 34.7 Å². The van der Waals surface area contributed by atoms with Crippen LogP contribution in [0.5, 0.6) is 0 Å². The van der Waals surface area contributed by atoms with Crippen LogP contribution in [0.3, 0.4) is 0 Å². The summed E-state index contributed by atoms with van der Waals surface area (Å²) in [5, 5.41) is 8.06. The first-order chi connectivity index (χ1) is 9.28. The van der Waals surface area contributed by atoms with E-state index >= 15 is 0 Å². The molecule has 1 atom stereocenters. The summed E-state index contributed by atoms with van der Waals surface area (Å²) in [4.78, 5) is 6.67. The van der Waals surface area contributed by atoms with Gasteiger partial charge in [-0.1, -0.05) is 5.16 Å². The Morgan fingerprint density at radius 3 is 3.05 bits per heavy atom. The SMILES string of the molecule is CN(Cc1noc(-c2ccsc2)n1)C(CN)C1CC1. The first-order valence-electron chi connectivity index (χ1n) is 6.53. The van der Waals surface area contributed by atoms with Gasteiger partial charge in [0.05, 0.1) is 12.1 Å². The third-order valence-corrected chi connectivity index (χ3v) is 4.28. The highest BCUT2D eigenvalue weighted by Gasteiger charge is 2.33. The molecule has 0 bridgehead atoms. The number of nitrogens with zero attached hydrogens (tertiary/aromatic N) is 3. The average molecular weight is 278 g/mol. The molecule has 2 heterocycles. The van der Waals surface area contributed by atoms with Crippen LogP contribution in [0.2, 0.25) is 0 Å². The van der Waals surface area contributed by atoms with Gasteiger partial charge in [0.1, 0.15) is 0 Å². The Morgan fingerprint density at radius 2 is 2.42 bits per heavy atom. The number of aromatic nitrogens is 2. The Kier molecular flexibility index (Phi) is 3.63. The fourth-order valence-electron chi connectivity index (χ4n) is 2.38. The molecular formula is C13H18N4OS. The number of thiophene rings is 1. The lowest BCUT2D eigenvalue weighted by molar-refractivity contribution is 0.208. The zero-order valence-corrected chi connectivity index (χ0v) is 11.8. The maximum Gasteiger partial charge on any atom is 0.258 e. The quantitative estimate of drug-likeness (QED) is 0.875. The van der Waals surface area contributed by atoms with Gasteiger partial charge < -0.3 is 10.3 Å². The number of rotatable bonds is 6. The Bertz CT molecular complexity index is 520. The summed E-state index contributed by atoms with van der Waals surface area (Å²) in [6, 6.07) is 2.42. The second-order valence-electron chi connectivity index (χ2n) is 5.08. The molecule has 0 saturated heterocycles. The molecule has 1 saturated carbocycles. The Balaban J connectivity index is 1.66. The molecule has 2 N–H and O–H groups in total. The zero-order chi connectivity index (χ0) is 13.2. The van der Waals surface area contributed by atoms with Gasteiger partial charge in [-0.15, -0.1) is 0 Å². The van der Waals surface area contributed by atoms with Crippen molar-refractivity contribution in [1.82, 2.24) is 15.0 Å². The Hall–Kier alpha value is -1.24. The van der Waals surface area contributed by atoms with E-state index < -0.39 is 0 Å². The first kappa shape index (κ1) is 12.8. The Morgan fingerprint density at radius 1 is 1.58 bits per heavy atom. The minimum atomic E-state index is 0.433. The second-order valence-corrected chi connectivity index (χ2v) is 5.86. The number of likely N-dealkylation sites (N-methyl/N-ethyl adjacent to an activating group) is 1. The van der Waals surface area contributed by atoms with E-state index in [0.29, 0.717) is 25.0 Å². The normalized spacial score (nSPS) is 17.0. The molecule has 0 aromatic carbocycles. The average Bonchev–Trinajstić information content (AvgIpc) is 2.93. The summed E-state index contributed by atoms with van der Waals surface area (Å²) in [7, 11) is 2.08. The van der Waals surface area contributed by atoms with Crippen LogP contribution in [0.15, 0.2) is 21.3 Å². The lowest BCUT2D eigenvalue weighted by Gasteiger charge is -2.25. The summed E-state index contributed by atoms with van der Waals surface area (Å²) >= 11 is 1.62. The van der Waals surface area contributed by atoms with Crippen molar-refractivity contribution < 1.29 is 4.52 Å². The van der Waals surface area contributed by atoms with Crippen LogP contribution in [0, 0.1) is 5.92 Å². The van der Waals surface area contributed by atoms with Gasteiger partial charge in [-0.2, -0.15) is 16.3 Å². The monoisotopic (exact) mass is 278 g/mol. The number of hydrogen-bond donors (Lipinski definition) is 1. The third-order valence-electron chi connectivity index (χ3n) is 3.60. The predicted molar refractivity (Wildman–Crippen MR) is 74.6 cm³/mol. The van der Waals surface area contributed by atoms with Gasteiger partial charge in [-0.05, 0) is 37.3 Å². The summed E-state index contributed by atoms with van der Waals surface area (Å²) < 4.78 is 5.29. The summed E-state index contributed by atoms with van der Waals surface area (Å²) in [5.41, 5.74) is 6.84. The fraction of sp³-hybridized carbons (Fsp3) is 0.538. The lowest BCUT2D eigenvalue weighted by Crippen LogP contribution is -2.39. The molecule has 1 aliphatic rings. The minimum Gasteiger partial charge on any atom is -0.334 e. The Labute approximate surface area is 116 Å². The van der Waals surface area contributed by atoms with E-state index in [4.69, 9.17) is 10.3 Å². The van der Waals surface area contributed by atoms with Crippen molar-refractivity contribution in [2.75, 3.05) is 13.6 Å². The van der Waals surface area contributed by atoms with Crippen molar-refractivity contribution in [2.45, 2.75) is 25.4 Å². The summed E-state index contributed by atoms with van der Waals surface area (Å²) in [5.74, 6) is 2.07. The van der Waals surface area contributed by atoms with Crippen molar-refractivity contribution in [2.24, 2.45) is 11.7 Å². The van der Waals surface area contributed by atoms with Crippen LogP contribution < -0.4 is 5.73 Å². The molecule has 0 spiro atoms. The van der Waals surface area contributed by atoms with Gasteiger partial charge in [-0.25, -0.2) is 0 Å². The van der Waals surface area contributed by atoms with Gasteiger partial charge in [0, 0.05) is 18.0 Å². The highest BCUT2D eigenvalue weighted by atomic mass is 32.1. The van der Waals surface area contributed by atoms with E-state index in [2.05, 4.69) is 22.1 Å². The van der Waals surface area contributed by atoms with Gasteiger partial charge in [0.15, 0.2) is 5.82 Å². The molecule has 0 amide bonds. The molecule has 1 unspecified atom stereocenters. The number of hydrogen-bond acceptors (Lipinski definition) is 6. The zero-order valence-electron chi connectivity index (χ0n) is 11.0. The molecule has 0 radical (unpaired) electrons. The highest BCUT2D eigenvalue weighted by Crippen LogP contribution is 2.34. The molecule has 1 aliphatic carbocycles. The largest absolute Gasteiger partial charge is 0.334 e. The van der Waals surface area contributed by atoms with E-state index in [9.17, 15) is 0 Å².